The van der Waals surface area contributed by atoms with Crippen LogP contribution >= 0.6 is 11.8 Å². The first-order valence-corrected chi connectivity index (χ1v) is 10.9. The lowest BCUT2D eigenvalue weighted by atomic mass is 10.2. The predicted molar refractivity (Wildman–Crippen MR) is 119 cm³/mol. The Bertz CT molecular complexity index is 1110. The SMILES string of the molecule is O=C(CSc1cc(N2CCN(c3ccccc3F)CC2)ncn1)Nc1cc(F)ccc1F. The van der Waals surface area contributed by atoms with Crippen LogP contribution in [0.25, 0.3) is 0 Å². The first kappa shape index (κ1) is 21.9. The van der Waals surface area contributed by atoms with Gasteiger partial charge in [0.1, 0.15) is 34.6 Å². The van der Waals surface area contributed by atoms with Crippen molar-refractivity contribution >= 4 is 34.9 Å². The molecule has 1 saturated heterocycles. The fourth-order valence-corrected chi connectivity index (χ4v) is 4.05. The largest absolute Gasteiger partial charge is 0.366 e. The Labute approximate surface area is 187 Å². The fourth-order valence-electron chi connectivity index (χ4n) is 3.39. The molecule has 0 saturated carbocycles. The average Bonchev–Trinajstić information content (AvgIpc) is 2.81. The summed E-state index contributed by atoms with van der Waals surface area (Å²) < 4.78 is 40.9. The fraction of sp³-hybridized carbons (Fsp3) is 0.227. The topological polar surface area (TPSA) is 61.4 Å². The van der Waals surface area contributed by atoms with Crippen molar-refractivity contribution in [2.75, 3.05) is 47.0 Å². The molecular formula is C22H20F3N5OS. The Morgan fingerprint density at radius 1 is 0.938 bits per heavy atom. The van der Waals surface area contributed by atoms with E-state index in [0.29, 0.717) is 42.7 Å². The van der Waals surface area contributed by atoms with Crippen molar-refractivity contribution in [2.45, 2.75) is 5.03 Å². The quantitative estimate of drug-likeness (QED) is 0.445. The number of carbonyl (C=O) groups excluding carboxylic acids is 1. The van der Waals surface area contributed by atoms with Gasteiger partial charge in [-0.2, -0.15) is 0 Å². The van der Waals surface area contributed by atoms with Crippen LogP contribution in [-0.4, -0.2) is 47.8 Å². The van der Waals surface area contributed by atoms with Gasteiger partial charge in [0.2, 0.25) is 5.91 Å². The molecule has 32 heavy (non-hydrogen) atoms. The smallest absolute Gasteiger partial charge is 0.234 e. The highest BCUT2D eigenvalue weighted by molar-refractivity contribution is 7.99. The van der Waals surface area contributed by atoms with E-state index in [-0.39, 0.29) is 17.3 Å². The van der Waals surface area contributed by atoms with Crippen molar-refractivity contribution in [1.82, 2.24) is 9.97 Å². The van der Waals surface area contributed by atoms with E-state index in [4.69, 9.17) is 0 Å². The Hall–Kier alpha value is -3.27. The monoisotopic (exact) mass is 459 g/mol. The highest BCUT2D eigenvalue weighted by Gasteiger charge is 2.20. The highest BCUT2D eigenvalue weighted by atomic mass is 32.2. The van der Waals surface area contributed by atoms with Crippen molar-refractivity contribution in [3.8, 4) is 0 Å². The van der Waals surface area contributed by atoms with E-state index in [9.17, 15) is 18.0 Å². The number of anilines is 3. The molecule has 1 aliphatic heterocycles. The first-order valence-electron chi connectivity index (χ1n) is 9.94. The van der Waals surface area contributed by atoms with Crippen LogP contribution in [0.5, 0.6) is 0 Å². The van der Waals surface area contributed by atoms with Gasteiger partial charge in [0, 0.05) is 38.3 Å². The molecule has 10 heteroatoms. The molecule has 1 N–H and O–H groups in total. The van der Waals surface area contributed by atoms with Crippen molar-refractivity contribution in [2.24, 2.45) is 0 Å². The molecule has 0 atom stereocenters. The van der Waals surface area contributed by atoms with Crippen LogP contribution in [0.1, 0.15) is 0 Å². The number of halogens is 3. The van der Waals surface area contributed by atoms with E-state index in [0.717, 1.165) is 18.2 Å². The lowest BCUT2D eigenvalue weighted by Gasteiger charge is -2.36. The average molecular weight is 459 g/mol. The van der Waals surface area contributed by atoms with Gasteiger partial charge >= 0.3 is 0 Å². The van der Waals surface area contributed by atoms with Gasteiger partial charge in [-0.25, -0.2) is 23.1 Å². The maximum Gasteiger partial charge on any atom is 0.234 e. The molecule has 2 aromatic carbocycles. The molecular weight excluding hydrogens is 439 g/mol. The number of hydrogen-bond donors (Lipinski definition) is 1. The van der Waals surface area contributed by atoms with E-state index in [1.807, 2.05) is 11.0 Å². The Morgan fingerprint density at radius 3 is 2.47 bits per heavy atom. The molecule has 2 heterocycles. The van der Waals surface area contributed by atoms with Crippen molar-refractivity contribution in [1.29, 1.82) is 0 Å². The van der Waals surface area contributed by atoms with Crippen LogP contribution in [0.3, 0.4) is 0 Å². The standard InChI is InChI=1S/C22H20F3N5OS/c23-15-5-6-16(24)18(11-15)28-21(31)13-32-22-12-20(26-14-27-22)30-9-7-29(8-10-30)19-4-2-1-3-17(19)25/h1-6,11-12,14H,7-10,13H2,(H,28,31). The third kappa shape index (κ3) is 5.31. The zero-order chi connectivity index (χ0) is 22.5. The third-order valence-electron chi connectivity index (χ3n) is 4.98. The molecule has 0 spiro atoms. The molecule has 166 valence electrons. The molecule has 6 nitrogen and oxygen atoms in total. The van der Waals surface area contributed by atoms with Crippen LogP contribution < -0.4 is 15.1 Å². The second-order valence-electron chi connectivity index (χ2n) is 7.10. The molecule has 4 rings (SSSR count). The van der Waals surface area contributed by atoms with Crippen LogP contribution in [-0.2, 0) is 4.79 Å². The number of aromatic nitrogens is 2. The maximum atomic E-state index is 14.0. The van der Waals surface area contributed by atoms with Gasteiger partial charge in [-0.15, -0.1) is 0 Å². The van der Waals surface area contributed by atoms with Crippen LogP contribution in [0.4, 0.5) is 30.4 Å². The van der Waals surface area contributed by atoms with Crippen LogP contribution in [0.2, 0.25) is 0 Å². The zero-order valence-corrected chi connectivity index (χ0v) is 17.8. The van der Waals surface area contributed by atoms with Gasteiger partial charge in [-0.1, -0.05) is 23.9 Å². The number of thioether (sulfide) groups is 1. The normalized spacial score (nSPS) is 13.8. The van der Waals surface area contributed by atoms with Crippen molar-refractivity contribution in [3.63, 3.8) is 0 Å². The van der Waals surface area contributed by atoms with Crippen LogP contribution in [0.15, 0.2) is 59.9 Å². The summed E-state index contributed by atoms with van der Waals surface area (Å²) in [4.78, 5) is 24.7. The molecule has 0 unspecified atom stereocenters. The summed E-state index contributed by atoms with van der Waals surface area (Å²) >= 11 is 1.17. The molecule has 0 aliphatic carbocycles. The van der Waals surface area contributed by atoms with E-state index < -0.39 is 17.5 Å². The van der Waals surface area contributed by atoms with Crippen molar-refractivity contribution < 1.29 is 18.0 Å². The minimum absolute atomic E-state index is 0.0204. The number of amides is 1. The number of benzene rings is 2. The highest BCUT2D eigenvalue weighted by Crippen LogP contribution is 2.24. The summed E-state index contributed by atoms with van der Waals surface area (Å²) in [5, 5.41) is 2.94. The van der Waals surface area contributed by atoms with Gasteiger partial charge in [0.15, 0.2) is 0 Å². The zero-order valence-electron chi connectivity index (χ0n) is 17.0. The lowest BCUT2D eigenvalue weighted by Crippen LogP contribution is -2.47. The summed E-state index contributed by atoms with van der Waals surface area (Å²) in [6, 6.07) is 11.4. The summed E-state index contributed by atoms with van der Waals surface area (Å²) in [6.45, 7) is 2.62. The van der Waals surface area contributed by atoms with Gasteiger partial charge in [0.05, 0.1) is 17.1 Å². The molecule has 1 aliphatic rings. The van der Waals surface area contributed by atoms with Gasteiger partial charge in [0.25, 0.3) is 0 Å². The molecule has 3 aromatic rings. The molecule has 0 radical (unpaired) electrons. The Kier molecular flexibility index (Phi) is 6.79. The first-order chi connectivity index (χ1) is 15.5. The van der Waals surface area contributed by atoms with E-state index in [2.05, 4.69) is 20.2 Å². The minimum Gasteiger partial charge on any atom is -0.366 e. The Balaban J connectivity index is 1.32. The maximum absolute atomic E-state index is 14.0. The third-order valence-corrected chi connectivity index (χ3v) is 5.90. The number of para-hydroxylation sites is 1. The minimum atomic E-state index is -0.705. The van der Waals surface area contributed by atoms with Crippen LogP contribution in [0, 0.1) is 17.5 Å². The summed E-state index contributed by atoms with van der Waals surface area (Å²) in [6.07, 6.45) is 1.42. The number of carbonyl (C=O) groups is 1. The molecule has 1 aromatic heterocycles. The van der Waals surface area contributed by atoms with E-state index in [1.165, 1.54) is 24.2 Å². The Morgan fingerprint density at radius 2 is 1.69 bits per heavy atom. The van der Waals surface area contributed by atoms with Gasteiger partial charge in [-0.3, -0.25) is 4.79 Å². The second-order valence-corrected chi connectivity index (χ2v) is 8.10. The second kappa shape index (κ2) is 9.90. The molecule has 1 amide bonds. The lowest BCUT2D eigenvalue weighted by molar-refractivity contribution is -0.113. The number of nitrogens with one attached hydrogen (secondary N) is 1. The van der Waals surface area contributed by atoms with Gasteiger partial charge < -0.3 is 15.1 Å². The van der Waals surface area contributed by atoms with Crippen molar-refractivity contribution in [3.05, 3.63) is 72.3 Å². The van der Waals surface area contributed by atoms with E-state index in [1.54, 1.807) is 18.2 Å². The number of hydrogen-bond acceptors (Lipinski definition) is 6. The summed E-state index contributed by atoms with van der Waals surface area (Å²) in [5.74, 6) is -1.36. The summed E-state index contributed by atoms with van der Waals surface area (Å²) in [5.41, 5.74) is 0.388. The molecule has 0 bridgehead atoms. The predicted octanol–water partition coefficient (Wildman–Crippen LogP) is 3.95. The van der Waals surface area contributed by atoms with E-state index >= 15 is 0 Å². The molecule has 1 fully saturated rings. The number of nitrogens with zero attached hydrogens (tertiary/aromatic N) is 4. The number of rotatable bonds is 6. The number of piperazine rings is 1. The summed E-state index contributed by atoms with van der Waals surface area (Å²) in [7, 11) is 0. The van der Waals surface area contributed by atoms with Gasteiger partial charge in [-0.05, 0) is 24.3 Å².